The third kappa shape index (κ3) is 6.10. The Kier molecular flexibility index (Phi) is 6.02. The number of rotatable bonds is 4. The number of hydrogen-bond donors (Lipinski definition) is 0. The summed E-state index contributed by atoms with van der Waals surface area (Å²) in [6.45, 7) is 0. The second-order valence-corrected chi connectivity index (χ2v) is 5.64. The molecule has 0 spiro atoms. The number of nitriles is 1. The molecule has 134 valence electrons. The molecule has 4 nitrogen and oxygen atoms in total. The van der Waals surface area contributed by atoms with Crippen molar-refractivity contribution in [2.75, 3.05) is 0 Å². The Balaban J connectivity index is 1.86. The van der Waals surface area contributed by atoms with Gasteiger partial charge in [0.25, 0.3) is 0 Å². The molecule has 0 heterocycles. The van der Waals surface area contributed by atoms with Crippen LogP contribution < -0.4 is 4.74 Å². The Labute approximate surface area is 141 Å². The molecule has 1 fully saturated rings. The van der Waals surface area contributed by atoms with Gasteiger partial charge >= 0.3 is 12.3 Å². The molecule has 0 N–H and O–H groups in total. The Morgan fingerprint density at radius 3 is 2.28 bits per heavy atom. The molecule has 1 aliphatic rings. The van der Waals surface area contributed by atoms with Crippen LogP contribution >= 0.6 is 0 Å². The maximum atomic E-state index is 12.9. The standard InChI is InChI=1S/C17H15F4NO3/c18-13(10-22)9-11-1-5-14(6-2-11)24-16(23)12-3-7-15(8-4-12)25-17(19,20)21/h3-4,7-9,11,14H,1-2,5-6H2/b13-9-/t11-,14-. The minimum Gasteiger partial charge on any atom is -0.459 e. The van der Waals surface area contributed by atoms with Crippen LogP contribution in [0.3, 0.4) is 0 Å². The van der Waals surface area contributed by atoms with E-state index in [4.69, 9.17) is 10.00 Å². The Morgan fingerprint density at radius 1 is 1.16 bits per heavy atom. The zero-order valence-corrected chi connectivity index (χ0v) is 13.1. The van der Waals surface area contributed by atoms with Crippen LogP contribution in [0, 0.1) is 17.2 Å². The molecule has 1 aromatic carbocycles. The highest BCUT2D eigenvalue weighted by Crippen LogP contribution is 2.29. The van der Waals surface area contributed by atoms with E-state index in [9.17, 15) is 22.4 Å². The fourth-order valence-electron chi connectivity index (χ4n) is 2.63. The summed E-state index contributed by atoms with van der Waals surface area (Å²) in [6, 6.07) is 5.89. The number of ether oxygens (including phenoxy) is 2. The average Bonchev–Trinajstić information content (AvgIpc) is 2.55. The van der Waals surface area contributed by atoms with Gasteiger partial charge in [-0.05, 0) is 61.9 Å². The van der Waals surface area contributed by atoms with Crippen LogP contribution in [-0.4, -0.2) is 18.4 Å². The number of allylic oxidation sites excluding steroid dienone is 2. The molecule has 0 radical (unpaired) electrons. The first-order valence-electron chi connectivity index (χ1n) is 7.61. The van der Waals surface area contributed by atoms with Crippen LogP contribution in [0.2, 0.25) is 0 Å². The zero-order valence-electron chi connectivity index (χ0n) is 13.1. The Bertz CT molecular complexity index is 669. The zero-order chi connectivity index (χ0) is 18.4. The van der Waals surface area contributed by atoms with Crippen molar-refractivity contribution < 1.29 is 31.8 Å². The van der Waals surface area contributed by atoms with Gasteiger partial charge in [0.1, 0.15) is 17.9 Å². The van der Waals surface area contributed by atoms with Crippen LogP contribution in [-0.2, 0) is 4.74 Å². The van der Waals surface area contributed by atoms with Gasteiger partial charge in [0.15, 0.2) is 5.83 Å². The number of esters is 1. The molecule has 1 saturated carbocycles. The van der Waals surface area contributed by atoms with E-state index in [1.54, 1.807) is 0 Å². The lowest BCUT2D eigenvalue weighted by Crippen LogP contribution is -2.24. The molecule has 0 atom stereocenters. The van der Waals surface area contributed by atoms with Gasteiger partial charge in [-0.3, -0.25) is 0 Å². The summed E-state index contributed by atoms with van der Waals surface area (Å²) in [5.74, 6) is -1.94. The van der Waals surface area contributed by atoms with Crippen LogP contribution in [0.5, 0.6) is 5.75 Å². The summed E-state index contributed by atoms with van der Waals surface area (Å²) in [4.78, 5) is 12.0. The number of carbonyl (C=O) groups is 1. The number of benzene rings is 1. The summed E-state index contributed by atoms with van der Waals surface area (Å²) in [5.41, 5.74) is 0.118. The van der Waals surface area contributed by atoms with Gasteiger partial charge in [-0.2, -0.15) is 9.65 Å². The van der Waals surface area contributed by atoms with Crippen LogP contribution in [0.4, 0.5) is 17.6 Å². The maximum Gasteiger partial charge on any atom is 0.573 e. The first-order valence-corrected chi connectivity index (χ1v) is 7.61. The highest BCUT2D eigenvalue weighted by molar-refractivity contribution is 5.89. The number of carbonyl (C=O) groups excluding carboxylic acids is 1. The first kappa shape index (κ1) is 18.8. The quantitative estimate of drug-likeness (QED) is 0.446. The van der Waals surface area contributed by atoms with Crippen LogP contribution in [0.25, 0.3) is 0 Å². The van der Waals surface area contributed by atoms with E-state index < -0.39 is 23.9 Å². The normalized spacial score (nSPS) is 21.3. The third-order valence-electron chi connectivity index (χ3n) is 3.81. The van der Waals surface area contributed by atoms with Crippen LogP contribution in [0.1, 0.15) is 36.0 Å². The number of hydrogen-bond acceptors (Lipinski definition) is 4. The second kappa shape index (κ2) is 8.01. The fraction of sp³-hybridized carbons (Fsp3) is 0.412. The van der Waals surface area contributed by atoms with Crippen LogP contribution in [0.15, 0.2) is 36.2 Å². The van der Waals surface area contributed by atoms with Crippen molar-refractivity contribution in [2.24, 2.45) is 5.92 Å². The van der Waals surface area contributed by atoms with Crippen molar-refractivity contribution in [1.82, 2.24) is 0 Å². The summed E-state index contributed by atoms with van der Waals surface area (Å²) in [6.07, 6.45) is -1.62. The van der Waals surface area contributed by atoms with Gasteiger partial charge in [0, 0.05) is 0 Å². The highest BCUT2D eigenvalue weighted by atomic mass is 19.4. The molecule has 0 bridgehead atoms. The summed E-state index contributed by atoms with van der Waals surface area (Å²) in [7, 11) is 0. The minimum atomic E-state index is -4.79. The molecule has 0 saturated heterocycles. The molecule has 0 amide bonds. The van der Waals surface area contributed by atoms with Gasteiger partial charge in [-0.15, -0.1) is 13.2 Å². The smallest absolute Gasteiger partial charge is 0.459 e. The Morgan fingerprint density at radius 2 is 1.76 bits per heavy atom. The average molecular weight is 357 g/mol. The van der Waals surface area contributed by atoms with E-state index in [1.807, 2.05) is 0 Å². The van der Waals surface area contributed by atoms with Crippen molar-refractivity contribution in [2.45, 2.75) is 38.1 Å². The first-order chi connectivity index (χ1) is 11.8. The largest absolute Gasteiger partial charge is 0.573 e. The molecule has 8 heteroatoms. The van der Waals surface area contributed by atoms with Gasteiger partial charge in [0.05, 0.1) is 5.56 Å². The van der Waals surface area contributed by atoms with E-state index in [2.05, 4.69) is 4.74 Å². The van der Waals surface area contributed by atoms with E-state index in [0.717, 1.165) is 12.1 Å². The fourth-order valence-corrected chi connectivity index (χ4v) is 2.63. The van der Waals surface area contributed by atoms with E-state index in [0.29, 0.717) is 25.7 Å². The minimum absolute atomic E-state index is 0.0617. The van der Waals surface area contributed by atoms with Gasteiger partial charge in [-0.25, -0.2) is 4.79 Å². The van der Waals surface area contributed by atoms with Crippen molar-refractivity contribution >= 4 is 5.97 Å². The molecule has 0 aromatic heterocycles. The van der Waals surface area contributed by atoms with E-state index in [-0.39, 0.29) is 17.6 Å². The number of alkyl halides is 3. The molecule has 1 aromatic rings. The predicted octanol–water partition coefficient (Wildman–Crippen LogP) is 4.68. The molecular formula is C17H15F4NO3. The molecule has 1 aliphatic carbocycles. The highest BCUT2D eigenvalue weighted by Gasteiger charge is 2.31. The Hall–Kier alpha value is -2.56. The number of nitrogens with zero attached hydrogens (tertiary/aromatic N) is 1. The van der Waals surface area contributed by atoms with Crippen molar-refractivity contribution in [3.8, 4) is 11.8 Å². The second-order valence-electron chi connectivity index (χ2n) is 5.64. The van der Waals surface area contributed by atoms with Crippen molar-refractivity contribution in [3.63, 3.8) is 0 Å². The summed E-state index contributed by atoms with van der Waals surface area (Å²) >= 11 is 0. The molecule has 0 unspecified atom stereocenters. The summed E-state index contributed by atoms with van der Waals surface area (Å²) in [5, 5.41) is 8.41. The molecule has 25 heavy (non-hydrogen) atoms. The lowest BCUT2D eigenvalue weighted by molar-refractivity contribution is -0.274. The van der Waals surface area contributed by atoms with Gasteiger partial charge in [-0.1, -0.05) is 0 Å². The lowest BCUT2D eigenvalue weighted by Gasteiger charge is -2.26. The van der Waals surface area contributed by atoms with Gasteiger partial charge < -0.3 is 9.47 Å². The lowest BCUT2D eigenvalue weighted by atomic mass is 9.87. The molecule has 0 aliphatic heterocycles. The summed E-state index contributed by atoms with van der Waals surface area (Å²) < 4.78 is 58.2. The van der Waals surface area contributed by atoms with Gasteiger partial charge in [0.2, 0.25) is 0 Å². The monoisotopic (exact) mass is 357 g/mol. The topological polar surface area (TPSA) is 59.3 Å². The number of halogens is 4. The van der Waals surface area contributed by atoms with E-state index in [1.165, 1.54) is 24.3 Å². The predicted molar refractivity (Wildman–Crippen MR) is 79.1 cm³/mol. The molecular weight excluding hydrogens is 342 g/mol. The van der Waals surface area contributed by atoms with Crippen molar-refractivity contribution in [3.05, 3.63) is 41.7 Å². The molecule has 2 rings (SSSR count). The van der Waals surface area contributed by atoms with Crippen molar-refractivity contribution in [1.29, 1.82) is 5.26 Å². The SMILES string of the molecule is N#C/C(F)=C/[C@H]1CC[C@H](OC(=O)c2ccc(OC(F)(F)F)cc2)CC1. The third-order valence-corrected chi connectivity index (χ3v) is 3.81. The van der Waals surface area contributed by atoms with E-state index >= 15 is 0 Å². The maximum absolute atomic E-state index is 12.9.